The monoisotopic (exact) mass is 321 g/mol. The topological polar surface area (TPSA) is 84.1 Å². The molecule has 0 saturated heterocycles. The predicted molar refractivity (Wildman–Crippen MR) is 83.4 cm³/mol. The van der Waals surface area contributed by atoms with Crippen LogP contribution in [0.3, 0.4) is 0 Å². The van der Waals surface area contributed by atoms with Gasteiger partial charge in [0.25, 0.3) is 5.91 Å². The number of pyridine rings is 1. The van der Waals surface area contributed by atoms with Crippen molar-refractivity contribution in [3.05, 3.63) is 45.9 Å². The maximum absolute atomic E-state index is 12.3. The number of rotatable bonds is 4. The minimum absolute atomic E-state index is 0.277. The summed E-state index contributed by atoms with van der Waals surface area (Å²) in [4.78, 5) is 31.1. The van der Waals surface area contributed by atoms with Crippen molar-refractivity contribution in [2.45, 2.75) is 20.8 Å². The quantitative estimate of drug-likeness (QED) is 0.847. The molecule has 0 aliphatic carbocycles. The molecule has 0 unspecified atom stereocenters. The van der Waals surface area contributed by atoms with Crippen molar-refractivity contribution in [2.75, 3.05) is 11.9 Å². The first-order valence-electron chi connectivity index (χ1n) is 6.73. The van der Waals surface area contributed by atoms with Crippen molar-refractivity contribution in [1.29, 1.82) is 0 Å². The number of aromatic nitrogens is 2. The maximum atomic E-state index is 12.3. The number of aryl methyl sites for hydroxylation is 1. The van der Waals surface area contributed by atoms with E-state index in [4.69, 9.17) is 16.3 Å². The summed E-state index contributed by atoms with van der Waals surface area (Å²) in [6, 6.07) is 3.22. The predicted octanol–water partition coefficient (Wildman–Crippen LogP) is 3.11. The summed E-state index contributed by atoms with van der Waals surface area (Å²) in [5.74, 6) is -0.456. The molecule has 0 atom stereocenters. The number of H-pyrrole nitrogens is 1. The second-order valence-corrected chi connectivity index (χ2v) is 5.10. The third-order valence-corrected chi connectivity index (χ3v) is 3.34. The van der Waals surface area contributed by atoms with Crippen LogP contribution in [0.1, 0.15) is 39.0 Å². The molecule has 2 aromatic heterocycles. The van der Waals surface area contributed by atoms with Crippen molar-refractivity contribution >= 4 is 29.3 Å². The zero-order valence-electron chi connectivity index (χ0n) is 12.5. The van der Waals surface area contributed by atoms with Crippen LogP contribution in [0.5, 0.6) is 0 Å². The molecule has 0 spiro atoms. The van der Waals surface area contributed by atoms with Crippen LogP contribution >= 0.6 is 11.6 Å². The van der Waals surface area contributed by atoms with E-state index in [1.807, 2.05) is 0 Å². The van der Waals surface area contributed by atoms with Crippen molar-refractivity contribution in [3.63, 3.8) is 0 Å². The fourth-order valence-corrected chi connectivity index (χ4v) is 2.23. The van der Waals surface area contributed by atoms with Gasteiger partial charge in [-0.05, 0) is 38.5 Å². The van der Waals surface area contributed by atoms with Crippen LogP contribution in [0.2, 0.25) is 5.02 Å². The Labute approximate surface area is 132 Å². The van der Waals surface area contributed by atoms with E-state index >= 15 is 0 Å². The molecule has 0 aromatic carbocycles. The van der Waals surface area contributed by atoms with Gasteiger partial charge in [0.1, 0.15) is 11.5 Å². The number of carbonyl (C=O) groups is 2. The molecule has 22 heavy (non-hydrogen) atoms. The molecule has 2 rings (SSSR count). The van der Waals surface area contributed by atoms with Crippen LogP contribution in [-0.2, 0) is 4.74 Å². The summed E-state index contributed by atoms with van der Waals surface area (Å²) >= 11 is 5.75. The highest BCUT2D eigenvalue weighted by atomic mass is 35.5. The van der Waals surface area contributed by atoms with Gasteiger partial charge in [-0.1, -0.05) is 11.6 Å². The lowest BCUT2D eigenvalue weighted by atomic mass is 10.1. The van der Waals surface area contributed by atoms with E-state index in [0.717, 1.165) is 0 Å². The summed E-state index contributed by atoms with van der Waals surface area (Å²) in [5, 5.41) is 3.13. The number of hydrogen-bond donors (Lipinski definition) is 2. The zero-order valence-corrected chi connectivity index (χ0v) is 13.2. The second-order valence-electron chi connectivity index (χ2n) is 4.66. The van der Waals surface area contributed by atoms with Gasteiger partial charge >= 0.3 is 5.97 Å². The molecule has 0 saturated carbocycles. The first kappa shape index (κ1) is 16.0. The number of esters is 1. The van der Waals surface area contributed by atoms with E-state index in [0.29, 0.717) is 33.4 Å². The molecule has 0 bridgehead atoms. The average molecular weight is 322 g/mol. The number of anilines is 1. The Hall–Kier alpha value is -2.34. The fraction of sp³-hybridized carbons (Fsp3) is 0.267. The standard InChI is InChI=1S/C15H16ClN3O3/c1-4-22-15(21)12-8(2)13(18-9(12)3)14(20)19-11-6-5-10(16)7-17-11/h5-7,18H,4H2,1-3H3,(H,17,19,20). The number of nitrogens with zero attached hydrogens (tertiary/aromatic N) is 1. The smallest absolute Gasteiger partial charge is 0.340 e. The van der Waals surface area contributed by atoms with Gasteiger partial charge in [0.15, 0.2) is 0 Å². The molecule has 2 N–H and O–H groups in total. The average Bonchev–Trinajstić information content (AvgIpc) is 2.77. The van der Waals surface area contributed by atoms with Gasteiger partial charge in [0.2, 0.25) is 0 Å². The number of nitrogens with one attached hydrogen (secondary N) is 2. The van der Waals surface area contributed by atoms with Gasteiger partial charge in [-0.3, -0.25) is 4.79 Å². The van der Waals surface area contributed by atoms with Gasteiger partial charge in [0.05, 0.1) is 17.2 Å². The highest BCUT2D eigenvalue weighted by molar-refractivity contribution is 6.30. The van der Waals surface area contributed by atoms with E-state index in [1.165, 1.54) is 6.20 Å². The fourth-order valence-electron chi connectivity index (χ4n) is 2.12. The molecule has 2 aromatic rings. The van der Waals surface area contributed by atoms with Crippen LogP contribution in [0.15, 0.2) is 18.3 Å². The molecule has 0 fully saturated rings. The Morgan fingerprint density at radius 3 is 2.68 bits per heavy atom. The molecule has 0 radical (unpaired) electrons. The second kappa shape index (κ2) is 6.62. The van der Waals surface area contributed by atoms with Gasteiger partial charge in [-0.25, -0.2) is 9.78 Å². The molecule has 7 heteroatoms. The third kappa shape index (κ3) is 3.28. The number of carbonyl (C=O) groups excluding carboxylic acids is 2. The Bertz CT molecular complexity index is 708. The number of ether oxygens (including phenoxy) is 1. The van der Waals surface area contributed by atoms with E-state index in [1.54, 1.807) is 32.9 Å². The van der Waals surface area contributed by atoms with E-state index in [2.05, 4.69) is 15.3 Å². The van der Waals surface area contributed by atoms with Crippen LogP contribution in [-0.4, -0.2) is 28.5 Å². The largest absolute Gasteiger partial charge is 0.462 e. The highest BCUT2D eigenvalue weighted by Gasteiger charge is 2.22. The molecular weight excluding hydrogens is 306 g/mol. The molecule has 0 aliphatic rings. The van der Waals surface area contributed by atoms with Crippen molar-refractivity contribution < 1.29 is 14.3 Å². The van der Waals surface area contributed by atoms with E-state index < -0.39 is 5.97 Å². The van der Waals surface area contributed by atoms with E-state index in [-0.39, 0.29) is 12.5 Å². The summed E-state index contributed by atoms with van der Waals surface area (Å²) in [6.07, 6.45) is 1.44. The van der Waals surface area contributed by atoms with Crippen LogP contribution in [0.4, 0.5) is 5.82 Å². The number of halogens is 1. The van der Waals surface area contributed by atoms with Crippen LogP contribution in [0.25, 0.3) is 0 Å². The minimum atomic E-state index is -0.447. The van der Waals surface area contributed by atoms with Crippen molar-refractivity contribution in [2.24, 2.45) is 0 Å². The lowest BCUT2D eigenvalue weighted by Crippen LogP contribution is -2.15. The number of amides is 1. The normalized spacial score (nSPS) is 10.4. The Morgan fingerprint density at radius 2 is 2.09 bits per heavy atom. The SMILES string of the molecule is CCOC(=O)c1c(C)[nH]c(C(=O)Nc2ccc(Cl)cn2)c1C. The third-order valence-electron chi connectivity index (χ3n) is 3.11. The maximum Gasteiger partial charge on any atom is 0.340 e. The van der Waals surface area contributed by atoms with Gasteiger partial charge in [-0.15, -0.1) is 0 Å². The first-order valence-corrected chi connectivity index (χ1v) is 7.11. The summed E-state index contributed by atoms with van der Waals surface area (Å²) in [5.41, 5.74) is 1.82. The van der Waals surface area contributed by atoms with Crippen molar-refractivity contribution in [1.82, 2.24) is 9.97 Å². The molecule has 0 aliphatic heterocycles. The van der Waals surface area contributed by atoms with Crippen molar-refractivity contribution in [3.8, 4) is 0 Å². The lowest BCUT2D eigenvalue weighted by molar-refractivity contribution is 0.0525. The van der Waals surface area contributed by atoms with Gasteiger partial charge < -0.3 is 15.0 Å². The van der Waals surface area contributed by atoms with Gasteiger partial charge in [0, 0.05) is 11.9 Å². The molecule has 116 valence electrons. The Kier molecular flexibility index (Phi) is 4.82. The molecule has 1 amide bonds. The number of aromatic amines is 1. The van der Waals surface area contributed by atoms with Crippen LogP contribution < -0.4 is 5.32 Å². The van der Waals surface area contributed by atoms with Crippen LogP contribution in [0, 0.1) is 13.8 Å². The summed E-state index contributed by atoms with van der Waals surface area (Å²) in [7, 11) is 0. The molecule has 6 nitrogen and oxygen atoms in total. The van der Waals surface area contributed by atoms with E-state index in [9.17, 15) is 9.59 Å². The summed E-state index contributed by atoms with van der Waals surface area (Å²) < 4.78 is 5.00. The number of hydrogen-bond acceptors (Lipinski definition) is 4. The molecule has 2 heterocycles. The molecular formula is C15H16ClN3O3. The minimum Gasteiger partial charge on any atom is -0.462 e. The zero-order chi connectivity index (χ0) is 16.3. The van der Waals surface area contributed by atoms with Gasteiger partial charge in [-0.2, -0.15) is 0 Å². The highest BCUT2D eigenvalue weighted by Crippen LogP contribution is 2.20. The Morgan fingerprint density at radius 1 is 1.36 bits per heavy atom. The first-order chi connectivity index (χ1) is 10.4. The summed E-state index contributed by atoms with van der Waals surface area (Å²) in [6.45, 7) is 5.42. The Balaban J connectivity index is 2.25. The lowest BCUT2D eigenvalue weighted by Gasteiger charge is -2.04.